The summed E-state index contributed by atoms with van der Waals surface area (Å²) < 4.78 is 5.54. The van der Waals surface area contributed by atoms with Crippen molar-refractivity contribution < 1.29 is 9.53 Å². The summed E-state index contributed by atoms with van der Waals surface area (Å²) in [5.41, 5.74) is 1.23. The predicted octanol–water partition coefficient (Wildman–Crippen LogP) is 2.43. The summed E-state index contributed by atoms with van der Waals surface area (Å²) >= 11 is 0. The van der Waals surface area contributed by atoms with Crippen LogP contribution in [0.3, 0.4) is 0 Å². The second-order valence-corrected chi connectivity index (χ2v) is 6.68. The van der Waals surface area contributed by atoms with Gasteiger partial charge in [-0.3, -0.25) is 9.78 Å². The van der Waals surface area contributed by atoms with Crippen molar-refractivity contribution in [3.63, 3.8) is 0 Å². The minimum atomic E-state index is 0.226. The number of methoxy groups -OCH3 is 1. The second-order valence-electron chi connectivity index (χ2n) is 6.68. The Balaban J connectivity index is 1.69. The van der Waals surface area contributed by atoms with E-state index in [9.17, 15) is 4.79 Å². The van der Waals surface area contributed by atoms with E-state index in [1.807, 2.05) is 12.1 Å². The van der Waals surface area contributed by atoms with Crippen molar-refractivity contribution >= 4 is 5.91 Å². The molecule has 0 N–H and O–H groups in total. The van der Waals surface area contributed by atoms with Crippen LogP contribution >= 0.6 is 0 Å². The number of rotatable bonds is 3. The molecule has 0 radical (unpaired) electrons. The van der Waals surface area contributed by atoms with E-state index in [0.29, 0.717) is 18.6 Å². The van der Waals surface area contributed by atoms with E-state index >= 15 is 0 Å². The summed E-state index contributed by atoms with van der Waals surface area (Å²) in [6.45, 7) is 3.21. The number of hydrogen-bond donors (Lipinski definition) is 0. The van der Waals surface area contributed by atoms with Gasteiger partial charge in [0, 0.05) is 32.1 Å². The van der Waals surface area contributed by atoms with Gasteiger partial charge in [-0.25, -0.2) is 0 Å². The molecule has 1 saturated heterocycles. The molecule has 0 unspecified atom stereocenters. The zero-order chi connectivity index (χ0) is 14.9. The van der Waals surface area contributed by atoms with Gasteiger partial charge in [-0.05, 0) is 42.7 Å². The van der Waals surface area contributed by atoms with Crippen molar-refractivity contribution in [2.75, 3.05) is 13.7 Å². The molecule has 1 aliphatic carbocycles. The third kappa shape index (κ3) is 2.82. The van der Waals surface area contributed by atoms with Gasteiger partial charge in [-0.1, -0.05) is 13.0 Å². The quantitative estimate of drug-likeness (QED) is 0.858. The molecule has 1 saturated carbocycles. The van der Waals surface area contributed by atoms with Crippen LogP contribution in [0.15, 0.2) is 24.5 Å². The fourth-order valence-electron chi connectivity index (χ4n) is 4.06. The minimum absolute atomic E-state index is 0.226. The lowest BCUT2D eigenvalue weighted by Gasteiger charge is -2.42. The van der Waals surface area contributed by atoms with Gasteiger partial charge >= 0.3 is 0 Å². The Morgan fingerprint density at radius 1 is 1.52 bits per heavy atom. The fraction of sp³-hybridized carbons (Fsp3) is 0.647. The molecule has 4 nitrogen and oxygen atoms in total. The van der Waals surface area contributed by atoms with Crippen LogP contribution in [-0.2, 0) is 16.0 Å². The first-order valence-corrected chi connectivity index (χ1v) is 7.83. The monoisotopic (exact) mass is 288 g/mol. The topological polar surface area (TPSA) is 42.4 Å². The maximum Gasteiger partial charge on any atom is 0.227 e. The third-order valence-electron chi connectivity index (χ3n) is 5.29. The summed E-state index contributed by atoms with van der Waals surface area (Å²) in [5.74, 6) is 0.243. The van der Waals surface area contributed by atoms with Crippen LogP contribution in [-0.4, -0.2) is 41.6 Å². The molecule has 1 aromatic heterocycles. The van der Waals surface area contributed by atoms with Crippen LogP contribution in [0, 0.1) is 5.41 Å². The van der Waals surface area contributed by atoms with Gasteiger partial charge in [0.2, 0.25) is 5.91 Å². The number of carbonyl (C=O) groups excluding carboxylic acids is 1. The Morgan fingerprint density at radius 2 is 2.38 bits per heavy atom. The minimum Gasteiger partial charge on any atom is -0.381 e. The molecule has 0 aromatic carbocycles. The van der Waals surface area contributed by atoms with Crippen molar-refractivity contribution in [2.45, 2.75) is 51.2 Å². The molecule has 3 atom stereocenters. The lowest BCUT2D eigenvalue weighted by Crippen LogP contribution is -2.47. The summed E-state index contributed by atoms with van der Waals surface area (Å²) in [4.78, 5) is 18.8. The number of likely N-dealkylation sites (tertiary alicyclic amines) is 1. The molecule has 0 bridgehead atoms. The standard InChI is InChI=1S/C17H24N2O2/c1-17-7-9-19(15(17)6-5-14(11-17)21-2)16(20)10-13-4-3-8-18-12-13/h3-4,8,12,14-15H,5-7,9-11H2,1-2H3/t14-,15-,17+/m1/s1. The molecule has 0 spiro atoms. The summed E-state index contributed by atoms with van der Waals surface area (Å²) in [6.07, 6.45) is 8.65. The van der Waals surface area contributed by atoms with Gasteiger partial charge in [0.1, 0.15) is 0 Å². The van der Waals surface area contributed by atoms with E-state index in [1.54, 1.807) is 19.5 Å². The number of nitrogens with zero attached hydrogens (tertiary/aromatic N) is 2. The zero-order valence-corrected chi connectivity index (χ0v) is 12.9. The van der Waals surface area contributed by atoms with E-state index in [0.717, 1.165) is 37.8 Å². The van der Waals surface area contributed by atoms with Crippen LogP contribution < -0.4 is 0 Å². The molecular formula is C17H24N2O2. The van der Waals surface area contributed by atoms with Gasteiger partial charge in [0.05, 0.1) is 12.5 Å². The molecule has 3 rings (SSSR count). The maximum atomic E-state index is 12.6. The number of amides is 1. The molecule has 2 heterocycles. The number of pyridine rings is 1. The SMILES string of the molecule is CO[C@@H]1CC[C@H]2N(C(=O)Cc3cccnc3)CC[C@@]2(C)C1. The highest BCUT2D eigenvalue weighted by atomic mass is 16.5. The molecule has 21 heavy (non-hydrogen) atoms. The Bertz CT molecular complexity index is 505. The highest BCUT2D eigenvalue weighted by Crippen LogP contribution is 2.47. The molecular weight excluding hydrogens is 264 g/mol. The molecule has 1 aromatic rings. The number of aromatic nitrogens is 1. The van der Waals surface area contributed by atoms with E-state index in [1.165, 1.54) is 0 Å². The van der Waals surface area contributed by atoms with E-state index in [2.05, 4.69) is 16.8 Å². The number of fused-ring (bicyclic) bond motifs is 1. The molecule has 2 fully saturated rings. The Morgan fingerprint density at radius 3 is 3.10 bits per heavy atom. The van der Waals surface area contributed by atoms with Gasteiger partial charge < -0.3 is 9.64 Å². The predicted molar refractivity (Wildman–Crippen MR) is 80.8 cm³/mol. The smallest absolute Gasteiger partial charge is 0.227 e. The van der Waals surface area contributed by atoms with Crippen molar-refractivity contribution in [1.29, 1.82) is 0 Å². The fourth-order valence-corrected chi connectivity index (χ4v) is 4.06. The van der Waals surface area contributed by atoms with E-state index < -0.39 is 0 Å². The first kappa shape index (κ1) is 14.5. The highest BCUT2D eigenvalue weighted by Gasteiger charge is 2.49. The number of carbonyl (C=O) groups is 1. The lowest BCUT2D eigenvalue weighted by atomic mass is 9.71. The number of hydrogen-bond acceptors (Lipinski definition) is 3. The largest absolute Gasteiger partial charge is 0.381 e. The normalized spacial score (nSPS) is 32.0. The van der Waals surface area contributed by atoms with Crippen molar-refractivity contribution in [3.05, 3.63) is 30.1 Å². The van der Waals surface area contributed by atoms with Gasteiger partial charge in [-0.15, -0.1) is 0 Å². The molecule has 4 heteroatoms. The summed E-state index contributed by atoms with van der Waals surface area (Å²) in [6, 6.07) is 4.25. The molecule has 114 valence electrons. The van der Waals surface area contributed by atoms with Crippen LogP contribution in [0.25, 0.3) is 0 Å². The average Bonchev–Trinajstić information content (AvgIpc) is 2.84. The summed E-state index contributed by atoms with van der Waals surface area (Å²) in [5, 5.41) is 0. The molecule has 1 amide bonds. The van der Waals surface area contributed by atoms with Crippen molar-refractivity contribution in [3.8, 4) is 0 Å². The van der Waals surface area contributed by atoms with Crippen LogP contribution in [0.4, 0.5) is 0 Å². The Labute approximate surface area is 126 Å². The van der Waals surface area contributed by atoms with E-state index in [-0.39, 0.29) is 11.3 Å². The first-order valence-electron chi connectivity index (χ1n) is 7.83. The Kier molecular flexibility index (Phi) is 3.98. The zero-order valence-electron chi connectivity index (χ0n) is 12.9. The maximum absolute atomic E-state index is 12.6. The second kappa shape index (κ2) is 5.76. The van der Waals surface area contributed by atoms with Crippen LogP contribution in [0.2, 0.25) is 0 Å². The molecule has 2 aliphatic rings. The van der Waals surface area contributed by atoms with Gasteiger partial charge in [-0.2, -0.15) is 0 Å². The lowest BCUT2D eigenvalue weighted by molar-refractivity contribution is -0.133. The van der Waals surface area contributed by atoms with E-state index in [4.69, 9.17) is 4.74 Å². The van der Waals surface area contributed by atoms with Crippen molar-refractivity contribution in [1.82, 2.24) is 9.88 Å². The van der Waals surface area contributed by atoms with Crippen molar-refractivity contribution in [2.24, 2.45) is 5.41 Å². The molecule has 1 aliphatic heterocycles. The van der Waals surface area contributed by atoms with Gasteiger partial charge in [0.15, 0.2) is 0 Å². The van der Waals surface area contributed by atoms with Crippen LogP contribution in [0.1, 0.15) is 38.2 Å². The van der Waals surface area contributed by atoms with Gasteiger partial charge in [0.25, 0.3) is 0 Å². The van der Waals surface area contributed by atoms with Crippen LogP contribution in [0.5, 0.6) is 0 Å². The number of ether oxygens (including phenoxy) is 1. The average molecular weight is 288 g/mol. The third-order valence-corrected chi connectivity index (χ3v) is 5.29. The summed E-state index contributed by atoms with van der Waals surface area (Å²) in [7, 11) is 1.80. The first-order chi connectivity index (χ1) is 10.1. The highest BCUT2D eigenvalue weighted by molar-refractivity contribution is 5.79. The Hall–Kier alpha value is -1.42.